The Bertz CT molecular complexity index is 2380. The number of para-hydroxylation sites is 1. The number of nitrogens with zero attached hydrogens (tertiary/aromatic N) is 3. The van der Waals surface area contributed by atoms with E-state index in [-0.39, 0.29) is 23.9 Å². The Morgan fingerprint density at radius 2 is 1.75 bits per heavy atom. The van der Waals surface area contributed by atoms with Crippen molar-refractivity contribution in [2.45, 2.75) is 145 Å². The van der Waals surface area contributed by atoms with Crippen LogP contribution in [0.4, 0.5) is 5.69 Å². The maximum Gasteiger partial charge on any atom is 0.322 e. The van der Waals surface area contributed by atoms with Gasteiger partial charge in [-0.05, 0) is 93.0 Å². The molecule has 12 heteroatoms. The molecule has 352 valence electrons. The van der Waals surface area contributed by atoms with Gasteiger partial charge < -0.3 is 40.0 Å². The quantitative estimate of drug-likeness (QED) is 0.129. The number of likely N-dealkylation sites (N-methyl/N-ethyl adjacent to an activating group) is 1. The van der Waals surface area contributed by atoms with E-state index in [1.165, 1.54) is 26.4 Å². The molecule has 65 heavy (non-hydrogen) atoms. The van der Waals surface area contributed by atoms with E-state index < -0.39 is 51.5 Å². The van der Waals surface area contributed by atoms with E-state index in [1.54, 1.807) is 7.11 Å². The molecule has 1 spiro atoms. The summed E-state index contributed by atoms with van der Waals surface area (Å²) < 4.78 is 12.5. The molecule has 5 N–H and O–H groups in total. The van der Waals surface area contributed by atoms with Crippen molar-refractivity contribution in [3.05, 3.63) is 70.9 Å². The van der Waals surface area contributed by atoms with Crippen LogP contribution in [0.2, 0.25) is 0 Å². The first-order valence-corrected chi connectivity index (χ1v) is 24.9. The topological polar surface area (TPSA) is 151 Å². The number of nitrogens with one attached hydrogen (secondary N) is 2. The molecule has 12 nitrogen and oxygen atoms in total. The number of H-pyrrole nitrogens is 1. The minimum Gasteiger partial charge on any atom is -0.496 e. The molecule has 1 amide bonds. The van der Waals surface area contributed by atoms with Crippen molar-refractivity contribution in [1.82, 2.24) is 20.1 Å². The molecule has 12 atom stereocenters. The third-order valence-corrected chi connectivity index (χ3v) is 18.7. The number of benzene rings is 2. The van der Waals surface area contributed by atoms with E-state index in [1.807, 2.05) is 37.1 Å². The lowest BCUT2D eigenvalue weighted by molar-refractivity contribution is -0.204. The van der Waals surface area contributed by atoms with Crippen molar-refractivity contribution >= 4 is 28.5 Å². The summed E-state index contributed by atoms with van der Waals surface area (Å²) in [5, 5.41) is 43.2. The van der Waals surface area contributed by atoms with Gasteiger partial charge in [-0.1, -0.05) is 83.2 Å². The fraction of sp³-hybridized carbons (Fsp3) is 0.660. The molecule has 2 aromatic carbocycles. The van der Waals surface area contributed by atoms with Gasteiger partial charge in [0, 0.05) is 90.1 Å². The van der Waals surface area contributed by atoms with Crippen molar-refractivity contribution in [3.63, 3.8) is 0 Å². The Kier molecular flexibility index (Phi) is 11.1. The molecule has 5 aliphatic heterocycles. The zero-order valence-corrected chi connectivity index (χ0v) is 39.8. The largest absolute Gasteiger partial charge is 0.496 e. The molecule has 1 aromatic heterocycles. The first-order valence-electron chi connectivity index (χ1n) is 24.9. The van der Waals surface area contributed by atoms with E-state index in [0.29, 0.717) is 75.4 Å². The van der Waals surface area contributed by atoms with Crippen LogP contribution in [0.25, 0.3) is 10.9 Å². The third-order valence-electron chi connectivity index (χ3n) is 18.7. The number of amides is 1. The SMILES string of the molecule is CC[C@]1(O)CC2CN(CCc3c([nH]c4ccccc34)[C@@](C(=O)OC)(c3cc4c(cc3OC)N(C)C3C45CCN4CC=C[C@](CC)(C45)[C@@H](O)[C@]3(O)C(=O)N[C@H](C)[C@@H](C)C3CCCCC3)C2)C1. The monoisotopic (exact) mass is 892 g/mol. The van der Waals surface area contributed by atoms with Gasteiger partial charge in [-0.3, -0.25) is 19.4 Å². The summed E-state index contributed by atoms with van der Waals surface area (Å²) in [5.41, 5.74) is -1.15. The third kappa shape index (κ3) is 6.24. The number of rotatable bonds is 9. The van der Waals surface area contributed by atoms with E-state index in [4.69, 9.17) is 9.47 Å². The summed E-state index contributed by atoms with van der Waals surface area (Å²) in [6.45, 7) is 11.8. The number of carbonyl (C=O) groups excluding carboxylic acids is 2. The van der Waals surface area contributed by atoms with E-state index in [9.17, 15) is 15.3 Å². The number of aliphatic hydroxyl groups is 3. The minimum atomic E-state index is -2.22. The maximum atomic E-state index is 15.5. The number of aromatic amines is 1. The number of hydrogen-bond donors (Lipinski definition) is 5. The number of anilines is 1. The van der Waals surface area contributed by atoms with Gasteiger partial charge in [-0.15, -0.1) is 0 Å². The molecule has 2 saturated heterocycles. The highest BCUT2D eigenvalue weighted by Gasteiger charge is 2.79. The van der Waals surface area contributed by atoms with E-state index >= 15 is 9.59 Å². The predicted octanol–water partition coefficient (Wildman–Crippen LogP) is 5.97. The van der Waals surface area contributed by atoms with Gasteiger partial charge in [0.2, 0.25) is 0 Å². The second-order valence-corrected chi connectivity index (χ2v) is 21.6. The van der Waals surface area contributed by atoms with Gasteiger partial charge in [-0.25, -0.2) is 0 Å². The standard InChI is InChI=1S/C53H73N5O7/c1-8-49(62)28-34-29-52(48(61)65-7,43-37(20-24-57(30-34)31-49)36-18-13-14-19-40(36)55-43)39-26-38-41(27-42(39)64-6)56(5)45-51(38)22-25-58-23-15-21-50(9-2,44(51)58)46(59)53(45,63)47(60)54-33(4)32(3)35-16-11-10-12-17-35/h13-15,18-19,21,26-27,32-35,44-46,55,59,62-63H,8-12,16-17,20,22-25,28-31H2,1-7H3,(H,54,60)/t32-,33-,34?,44?,45?,46-,49+,50-,51?,52+,53+/m1/s1. The molecule has 6 heterocycles. The lowest BCUT2D eigenvalue weighted by Gasteiger charge is -2.63. The van der Waals surface area contributed by atoms with Crippen molar-refractivity contribution in [1.29, 1.82) is 0 Å². The Hall–Kier alpha value is -3.94. The number of piperidine rings is 1. The lowest BCUT2D eigenvalue weighted by Crippen LogP contribution is -2.82. The summed E-state index contributed by atoms with van der Waals surface area (Å²) in [6, 6.07) is 11.1. The number of ether oxygens (including phenoxy) is 2. The highest BCUT2D eigenvalue weighted by atomic mass is 16.5. The Balaban J connectivity index is 1.20. The average molecular weight is 892 g/mol. The highest BCUT2D eigenvalue weighted by Crippen LogP contribution is 2.67. The predicted molar refractivity (Wildman–Crippen MR) is 252 cm³/mol. The van der Waals surface area contributed by atoms with Crippen LogP contribution in [0, 0.1) is 23.2 Å². The van der Waals surface area contributed by atoms with Gasteiger partial charge in [-0.2, -0.15) is 0 Å². The fourth-order valence-corrected chi connectivity index (χ4v) is 15.6. The van der Waals surface area contributed by atoms with E-state index in [2.05, 4.69) is 71.2 Å². The van der Waals surface area contributed by atoms with Crippen LogP contribution in [0.3, 0.4) is 0 Å². The molecule has 2 aliphatic carbocycles. The molecule has 4 fully saturated rings. The first-order chi connectivity index (χ1) is 31.2. The van der Waals surface area contributed by atoms with Gasteiger partial charge in [0.05, 0.1) is 25.9 Å². The molecule has 2 bridgehead atoms. The smallest absolute Gasteiger partial charge is 0.322 e. The number of esters is 1. The molecular weight excluding hydrogens is 819 g/mol. The van der Waals surface area contributed by atoms with E-state index in [0.717, 1.165) is 59.3 Å². The molecule has 0 radical (unpaired) electrons. The Labute approximate surface area is 385 Å². The molecule has 10 rings (SSSR count). The zero-order valence-electron chi connectivity index (χ0n) is 39.8. The van der Waals surface area contributed by atoms with Crippen LogP contribution in [-0.2, 0) is 31.6 Å². The number of fused-ring (bicyclic) bond motifs is 6. The molecule has 2 saturated carbocycles. The Morgan fingerprint density at radius 3 is 2.48 bits per heavy atom. The van der Waals surface area contributed by atoms with Gasteiger partial charge in [0.1, 0.15) is 17.3 Å². The van der Waals surface area contributed by atoms with Crippen molar-refractivity contribution in [2.24, 2.45) is 23.2 Å². The normalized spacial score (nSPS) is 37.5. The minimum absolute atomic E-state index is 0.0773. The molecule has 7 aliphatic rings. The second kappa shape index (κ2) is 16.1. The van der Waals surface area contributed by atoms with Gasteiger partial charge >= 0.3 is 5.97 Å². The van der Waals surface area contributed by atoms with Crippen molar-refractivity contribution < 1.29 is 34.4 Å². The van der Waals surface area contributed by atoms with Crippen LogP contribution in [0.5, 0.6) is 5.75 Å². The fourth-order valence-electron chi connectivity index (χ4n) is 15.6. The van der Waals surface area contributed by atoms with Crippen LogP contribution in [0.1, 0.15) is 114 Å². The zero-order chi connectivity index (χ0) is 45.8. The van der Waals surface area contributed by atoms with Gasteiger partial charge in [0.15, 0.2) is 5.60 Å². The number of methoxy groups -OCH3 is 2. The number of aromatic nitrogens is 1. The average Bonchev–Trinajstić information content (AvgIpc) is 3.98. The summed E-state index contributed by atoms with van der Waals surface area (Å²) in [7, 11) is 5.06. The highest BCUT2D eigenvalue weighted by molar-refractivity contribution is 5.95. The summed E-state index contributed by atoms with van der Waals surface area (Å²) in [6.07, 6.45) is 12.0. The molecule has 5 unspecified atom stereocenters. The number of carbonyl (C=O) groups is 2. The van der Waals surface area contributed by atoms with Crippen molar-refractivity contribution in [3.8, 4) is 5.75 Å². The van der Waals surface area contributed by atoms with Crippen LogP contribution >= 0.6 is 0 Å². The van der Waals surface area contributed by atoms with Gasteiger partial charge in [0.25, 0.3) is 5.91 Å². The second-order valence-electron chi connectivity index (χ2n) is 21.6. The maximum absolute atomic E-state index is 15.5. The van der Waals surface area contributed by atoms with Crippen LogP contribution < -0.4 is 15.0 Å². The van der Waals surface area contributed by atoms with Crippen molar-refractivity contribution in [2.75, 3.05) is 58.9 Å². The number of hydrogen-bond acceptors (Lipinski definition) is 10. The first kappa shape index (κ1) is 44.9. The summed E-state index contributed by atoms with van der Waals surface area (Å²) >= 11 is 0. The Morgan fingerprint density at radius 1 is 0.985 bits per heavy atom. The summed E-state index contributed by atoms with van der Waals surface area (Å²) in [4.78, 5) is 41.5. The molecule has 3 aromatic rings. The van der Waals surface area contributed by atoms with Crippen LogP contribution in [-0.4, -0.2) is 131 Å². The summed E-state index contributed by atoms with van der Waals surface area (Å²) in [5.74, 6) is 0.176. The lowest BCUT2D eigenvalue weighted by atomic mass is 9.47. The number of aliphatic hydroxyl groups excluding tert-OH is 1. The van der Waals surface area contributed by atoms with Crippen LogP contribution in [0.15, 0.2) is 48.6 Å². The molecular formula is C53H73N5O7.